The summed E-state index contributed by atoms with van der Waals surface area (Å²) in [4.78, 5) is 0. The lowest BCUT2D eigenvalue weighted by Crippen LogP contribution is -2.48. The van der Waals surface area contributed by atoms with Gasteiger partial charge in [-0.25, -0.2) is 0 Å². The first-order valence-electron chi connectivity index (χ1n) is 17.5. The monoisotopic (exact) mass is 529 g/mol. The largest absolute Gasteiger partial charge is 0.322 e. The Balaban J connectivity index is 2.25. The molecule has 0 aromatic heterocycles. The molecular weight excluding hydrogens is 458 g/mol. The molecule has 1 aromatic carbocycles. The van der Waals surface area contributed by atoms with E-state index in [1.807, 2.05) is 0 Å². The third-order valence-corrected chi connectivity index (χ3v) is 8.95. The van der Waals surface area contributed by atoms with Gasteiger partial charge < -0.3 is 4.48 Å². The number of unbranched alkanes of at least 4 members (excludes halogenated alkanes) is 21. The molecule has 0 radical (unpaired) electrons. The molecule has 0 spiro atoms. The topological polar surface area (TPSA) is 0 Å². The van der Waals surface area contributed by atoms with E-state index in [2.05, 4.69) is 58.3 Å². The van der Waals surface area contributed by atoms with Crippen LogP contribution in [0.15, 0.2) is 30.3 Å². The molecule has 1 rings (SSSR count). The number of quaternary nitrogens is 1. The lowest BCUT2D eigenvalue weighted by atomic mass is 9.96. The molecule has 0 bridgehead atoms. The predicted molar refractivity (Wildman–Crippen MR) is 173 cm³/mol. The van der Waals surface area contributed by atoms with E-state index in [0.717, 1.165) is 10.5 Å². The molecule has 0 saturated carbocycles. The van der Waals surface area contributed by atoms with E-state index in [-0.39, 0.29) is 0 Å². The minimum atomic E-state index is 0.803. The van der Waals surface area contributed by atoms with E-state index in [0.29, 0.717) is 0 Å². The van der Waals surface area contributed by atoms with Crippen LogP contribution in [0.25, 0.3) is 0 Å². The number of rotatable bonds is 28. The molecule has 222 valence electrons. The maximum atomic E-state index is 2.50. The maximum Gasteiger partial charge on any atom is 0.104 e. The zero-order valence-electron chi connectivity index (χ0n) is 26.8. The minimum absolute atomic E-state index is 0.803. The van der Waals surface area contributed by atoms with Gasteiger partial charge in [-0.3, -0.25) is 0 Å². The average Bonchev–Trinajstić information content (AvgIpc) is 2.91. The molecule has 0 heterocycles. The lowest BCUT2D eigenvalue weighted by Gasteiger charge is -2.39. The first-order chi connectivity index (χ1) is 18.6. The second kappa shape index (κ2) is 25.2. The smallest absolute Gasteiger partial charge is 0.104 e. The summed E-state index contributed by atoms with van der Waals surface area (Å²) in [5.41, 5.74) is 1.50. The molecule has 0 aliphatic rings. The van der Waals surface area contributed by atoms with Crippen molar-refractivity contribution < 1.29 is 4.48 Å². The molecular formula is C37H70N+. The average molecular weight is 529 g/mol. The molecule has 38 heavy (non-hydrogen) atoms. The van der Waals surface area contributed by atoms with Gasteiger partial charge in [0.05, 0.1) is 20.1 Å². The molecule has 1 aromatic rings. The first-order valence-corrected chi connectivity index (χ1v) is 17.5. The number of hydrogen-bond donors (Lipinski definition) is 0. The molecule has 0 N–H and O–H groups in total. The van der Waals surface area contributed by atoms with Crippen molar-refractivity contribution >= 4 is 0 Å². The van der Waals surface area contributed by atoms with E-state index >= 15 is 0 Å². The molecule has 1 heteroatoms. The predicted octanol–water partition coefficient (Wildman–Crippen LogP) is 12.4. The van der Waals surface area contributed by atoms with Gasteiger partial charge in [0.15, 0.2) is 0 Å². The van der Waals surface area contributed by atoms with Crippen molar-refractivity contribution in [3.63, 3.8) is 0 Å². The zero-order chi connectivity index (χ0) is 27.6. The molecule has 1 atom stereocenters. The van der Waals surface area contributed by atoms with Crippen LogP contribution in [0.1, 0.15) is 180 Å². The van der Waals surface area contributed by atoms with Gasteiger partial charge in [0.25, 0.3) is 0 Å². The first kappa shape index (κ1) is 35.2. The van der Waals surface area contributed by atoms with Crippen LogP contribution in [0.4, 0.5) is 0 Å². The van der Waals surface area contributed by atoms with Crippen LogP contribution in [-0.4, -0.2) is 24.6 Å². The van der Waals surface area contributed by atoms with Gasteiger partial charge in [-0.1, -0.05) is 179 Å². The van der Waals surface area contributed by atoms with Crippen LogP contribution < -0.4 is 0 Å². The summed E-state index contributed by atoms with van der Waals surface area (Å²) in [5, 5.41) is 0. The molecule has 1 nitrogen and oxygen atoms in total. The van der Waals surface area contributed by atoms with Crippen molar-refractivity contribution in [2.75, 3.05) is 14.1 Å². The Labute approximate surface area is 241 Å². The zero-order valence-corrected chi connectivity index (χ0v) is 26.8. The van der Waals surface area contributed by atoms with Crippen molar-refractivity contribution in [3.05, 3.63) is 35.9 Å². The number of benzene rings is 1. The van der Waals surface area contributed by atoms with Crippen molar-refractivity contribution in [3.8, 4) is 0 Å². The van der Waals surface area contributed by atoms with Gasteiger partial charge in [-0.05, 0) is 25.7 Å². The fourth-order valence-electron chi connectivity index (χ4n) is 6.29. The highest BCUT2D eigenvalue weighted by Crippen LogP contribution is 2.25. The quantitative estimate of drug-likeness (QED) is 0.0749. The molecule has 0 aliphatic heterocycles. The van der Waals surface area contributed by atoms with Crippen molar-refractivity contribution in [1.29, 1.82) is 0 Å². The van der Waals surface area contributed by atoms with E-state index in [1.165, 1.54) is 173 Å². The Bertz CT molecular complexity index is 592. The number of hydrogen-bond acceptors (Lipinski definition) is 0. The second-order valence-corrected chi connectivity index (χ2v) is 13.1. The van der Waals surface area contributed by atoms with Gasteiger partial charge in [-0.2, -0.15) is 0 Å². The Morgan fingerprint density at radius 1 is 0.447 bits per heavy atom. The van der Waals surface area contributed by atoms with Crippen LogP contribution in [-0.2, 0) is 6.54 Å². The lowest BCUT2D eigenvalue weighted by molar-refractivity contribution is -0.928. The Hall–Kier alpha value is -0.820. The highest BCUT2D eigenvalue weighted by molar-refractivity contribution is 5.13. The standard InChI is InChI=1S/C37H70N/c1-5-7-9-11-13-15-17-18-19-21-23-25-30-34-37(38(3,4)35-36-31-27-26-28-32-36)33-29-24-22-20-16-14-12-10-8-6-2/h26-28,31-32,37H,5-25,29-30,33-35H2,1-4H3/q+1. The van der Waals surface area contributed by atoms with Crippen molar-refractivity contribution in [2.45, 2.75) is 187 Å². The maximum absolute atomic E-state index is 2.50. The Kier molecular flexibility index (Phi) is 23.3. The normalized spacial score (nSPS) is 12.7. The van der Waals surface area contributed by atoms with E-state index in [9.17, 15) is 0 Å². The summed E-state index contributed by atoms with van der Waals surface area (Å²) in [7, 11) is 4.99. The highest BCUT2D eigenvalue weighted by atomic mass is 15.3. The van der Waals surface area contributed by atoms with Crippen molar-refractivity contribution in [1.82, 2.24) is 0 Å². The van der Waals surface area contributed by atoms with Crippen LogP contribution in [0.2, 0.25) is 0 Å². The summed E-state index contributed by atoms with van der Waals surface area (Å²) in [6.45, 7) is 5.79. The van der Waals surface area contributed by atoms with Crippen molar-refractivity contribution in [2.24, 2.45) is 0 Å². The molecule has 0 aliphatic carbocycles. The minimum Gasteiger partial charge on any atom is -0.322 e. The SMILES string of the molecule is CCCCCCCCCCCCCCCC(CCCCCCCCCCCC)[N+](C)(C)Cc1ccccc1. The second-order valence-electron chi connectivity index (χ2n) is 13.1. The summed E-state index contributed by atoms with van der Waals surface area (Å²) < 4.78 is 1.15. The molecule has 0 saturated heterocycles. The summed E-state index contributed by atoms with van der Waals surface area (Å²) in [6, 6.07) is 12.0. The van der Waals surface area contributed by atoms with E-state index < -0.39 is 0 Å². The van der Waals surface area contributed by atoms with Crippen LogP contribution in [0.3, 0.4) is 0 Å². The highest BCUT2D eigenvalue weighted by Gasteiger charge is 2.27. The van der Waals surface area contributed by atoms with Crippen LogP contribution >= 0.6 is 0 Å². The van der Waals surface area contributed by atoms with E-state index in [4.69, 9.17) is 0 Å². The molecule has 1 unspecified atom stereocenters. The fourth-order valence-corrected chi connectivity index (χ4v) is 6.29. The number of nitrogens with zero attached hydrogens (tertiary/aromatic N) is 1. The van der Waals surface area contributed by atoms with Gasteiger partial charge in [0, 0.05) is 5.56 Å². The summed E-state index contributed by atoms with van der Waals surface area (Å²) in [6.07, 6.45) is 36.1. The summed E-state index contributed by atoms with van der Waals surface area (Å²) >= 11 is 0. The third-order valence-electron chi connectivity index (χ3n) is 8.95. The van der Waals surface area contributed by atoms with Gasteiger partial charge in [0.1, 0.15) is 6.54 Å². The van der Waals surface area contributed by atoms with Gasteiger partial charge in [-0.15, -0.1) is 0 Å². The van der Waals surface area contributed by atoms with Gasteiger partial charge >= 0.3 is 0 Å². The van der Waals surface area contributed by atoms with Crippen LogP contribution in [0.5, 0.6) is 0 Å². The Morgan fingerprint density at radius 2 is 0.763 bits per heavy atom. The van der Waals surface area contributed by atoms with Crippen LogP contribution in [0, 0.1) is 0 Å². The molecule has 0 amide bonds. The molecule has 0 fully saturated rings. The fraction of sp³-hybridized carbons (Fsp3) is 0.838. The Morgan fingerprint density at radius 3 is 1.11 bits per heavy atom. The van der Waals surface area contributed by atoms with Gasteiger partial charge in [0.2, 0.25) is 0 Å². The summed E-state index contributed by atoms with van der Waals surface area (Å²) in [5.74, 6) is 0. The third kappa shape index (κ3) is 20.1. The van der Waals surface area contributed by atoms with E-state index in [1.54, 1.807) is 0 Å².